The lowest BCUT2D eigenvalue weighted by Crippen LogP contribution is -2.36. The molecule has 1 fully saturated rings. The summed E-state index contributed by atoms with van der Waals surface area (Å²) in [5.41, 5.74) is 3.94. The molecule has 3 aromatic heterocycles. The molecule has 1 atom stereocenters. The van der Waals surface area contributed by atoms with Crippen molar-refractivity contribution in [3.63, 3.8) is 0 Å². The molecule has 4 aromatic rings. The summed E-state index contributed by atoms with van der Waals surface area (Å²) in [6, 6.07) is 14.7. The first-order chi connectivity index (χ1) is 15.3. The van der Waals surface area contributed by atoms with E-state index in [9.17, 15) is 0 Å². The van der Waals surface area contributed by atoms with Crippen molar-refractivity contribution in [3.05, 3.63) is 71.1 Å². The highest BCUT2D eigenvalue weighted by atomic mass is 79.9. The molecule has 158 valence electrons. The van der Waals surface area contributed by atoms with Crippen molar-refractivity contribution < 1.29 is 4.74 Å². The van der Waals surface area contributed by atoms with Crippen LogP contribution in [0.15, 0.2) is 65.5 Å². The predicted octanol–water partition coefficient (Wildman–Crippen LogP) is 5.39. The second-order valence-corrected chi connectivity index (χ2v) is 8.73. The molecule has 5 rings (SSSR count). The first-order valence-corrected chi connectivity index (χ1v) is 11.4. The number of fused-ring (bicyclic) bond motifs is 1. The summed E-state index contributed by atoms with van der Waals surface area (Å²) >= 11 is 3.44. The van der Waals surface area contributed by atoms with Crippen LogP contribution >= 0.6 is 15.9 Å². The SMILES string of the molecule is Brc1cnc2nc(-c3ccc(OCCN4CCCCC4c4cccnc4)cc3)[nH]c2c1. The van der Waals surface area contributed by atoms with Crippen molar-refractivity contribution in [3.8, 4) is 17.1 Å². The number of piperidine rings is 1. The van der Waals surface area contributed by atoms with Crippen molar-refractivity contribution in [2.24, 2.45) is 0 Å². The van der Waals surface area contributed by atoms with Gasteiger partial charge in [-0.15, -0.1) is 0 Å². The summed E-state index contributed by atoms with van der Waals surface area (Å²) in [5.74, 6) is 1.68. The number of likely N-dealkylation sites (tertiary alicyclic amines) is 1. The predicted molar refractivity (Wildman–Crippen MR) is 125 cm³/mol. The van der Waals surface area contributed by atoms with E-state index in [2.05, 4.69) is 46.8 Å². The molecule has 0 spiro atoms. The van der Waals surface area contributed by atoms with E-state index in [-0.39, 0.29) is 0 Å². The summed E-state index contributed by atoms with van der Waals surface area (Å²) in [5, 5.41) is 0. The van der Waals surface area contributed by atoms with Crippen LogP contribution in [-0.4, -0.2) is 44.5 Å². The van der Waals surface area contributed by atoms with E-state index in [1.54, 1.807) is 6.20 Å². The van der Waals surface area contributed by atoms with Crippen LogP contribution < -0.4 is 4.74 Å². The third-order valence-electron chi connectivity index (χ3n) is 5.76. The molecule has 1 unspecified atom stereocenters. The minimum atomic E-state index is 0.440. The lowest BCUT2D eigenvalue weighted by Gasteiger charge is -2.35. The summed E-state index contributed by atoms with van der Waals surface area (Å²) in [6.07, 6.45) is 9.29. The quantitative estimate of drug-likeness (QED) is 0.403. The Hall–Kier alpha value is -2.77. The molecule has 31 heavy (non-hydrogen) atoms. The number of benzene rings is 1. The summed E-state index contributed by atoms with van der Waals surface area (Å²) in [7, 11) is 0. The van der Waals surface area contributed by atoms with E-state index in [0.717, 1.165) is 40.2 Å². The lowest BCUT2D eigenvalue weighted by molar-refractivity contribution is 0.123. The first kappa shape index (κ1) is 20.2. The average molecular weight is 478 g/mol. The van der Waals surface area contributed by atoms with E-state index in [1.165, 1.54) is 24.8 Å². The van der Waals surface area contributed by atoms with Gasteiger partial charge < -0.3 is 9.72 Å². The third kappa shape index (κ3) is 4.62. The van der Waals surface area contributed by atoms with E-state index >= 15 is 0 Å². The number of ether oxygens (including phenoxy) is 1. The Balaban J connectivity index is 1.21. The molecule has 0 aliphatic carbocycles. The maximum absolute atomic E-state index is 6.05. The minimum Gasteiger partial charge on any atom is -0.492 e. The smallest absolute Gasteiger partial charge is 0.178 e. The number of nitrogens with one attached hydrogen (secondary N) is 1. The molecular formula is C24H24BrN5O. The van der Waals surface area contributed by atoms with Crippen molar-refractivity contribution >= 4 is 27.1 Å². The highest BCUT2D eigenvalue weighted by molar-refractivity contribution is 9.10. The van der Waals surface area contributed by atoms with Crippen LogP contribution in [0.1, 0.15) is 30.9 Å². The topological polar surface area (TPSA) is 66.9 Å². The molecule has 0 bridgehead atoms. The van der Waals surface area contributed by atoms with Crippen molar-refractivity contribution in [1.29, 1.82) is 0 Å². The highest BCUT2D eigenvalue weighted by Gasteiger charge is 2.23. The second-order valence-electron chi connectivity index (χ2n) is 7.82. The van der Waals surface area contributed by atoms with Gasteiger partial charge >= 0.3 is 0 Å². The Morgan fingerprint density at radius 1 is 1.13 bits per heavy atom. The maximum Gasteiger partial charge on any atom is 0.178 e. The number of rotatable bonds is 6. The Morgan fingerprint density at radius 3 is 2.87 bits per heavy atom. The lowest BCUT2D eigenvalue weighted by atomic mass is 9.96. The number of hydrogen-bond acceptors (Lipinski definition) is 5. The molecule has 0 radical (unpaired) electrons. The van der Waals surface area contributed by atoms with Gasteiger partial charge in [-0.05, 0) is 77.3 Å². The maximum atomic E-state index is 6.05. The molecule has 1 N–H and O–H groups in total. The zero-order valence-electron chi connectivity index (χ0n) is 17.2. The van der Waals surface area contributed by atoms with Gasteiger partial charge in [-0.3, -0.25) is 9.88 Å². The van der Waals surface area contributed by atoms with Crippen LogP contribution in [0.4, 0.5) is 0 Å². The van der Waals surface area contributed by atoms with Crippen LogP contribution in [0.25, 0.3) is 22.6 Å². The Kier molecular flexibility index (Phi) is 5.95. The molecule has 6 nitrogen and oxygen atoms in total. The van der Waals surface area contributed by atoms with E-state index < -0.39 is 0 Å². The number of nitrogens with zero attached hydrogens (tertiary/aromatic N) is 4. The number of hydrogen-bond donors (Lipinski definition) is 1. The molecule has 1 aromatic carbocycles. The van der Waals surface area contributed by atoms with Gasteiger partial charge in [-0.25, -0.2) is 9.97 Å². The van der Waals surface area contributed by atoms with Crippen molar-refractivity contribution in [2.75, 3.05) is 19.7 Å². The minimum absolute atomic E-state index is 0.440. The largest absolute Gasteiger partial charge is 0.492 e. The van der Waals surface area contributed by atoms with Crippen LogP contribution in [0.3, 0.4) is 0 Å². The zero-order valence-corrected chi connectivity index (χ0v) is 18.8. The zero-order chi connectivity index (χ0) is 21.0. The van der Waals surface area contributed by atoms with Gasteiger partial charge in [-0.1, -0.05) is 12.5 Å². The molecule has 0 amide bonds. The molecule has 4 heterocycles. The molecule has 1 saturated heterocycles. The first-order valence-electron chi connectivity index (χ1n) is 10.6. The van der Waals surface area contributed by atoms with Crippen LogP contribution in [-0.2, 0) is 0 Å². The fourth-order valence-electron chi connectivity index (χ4n) is 4.21. The van der Waals surface area contributed by atoms with Gasteiger partial charge in [0, 0.05) is 41.2 Å². The Labute approximate surface area is 189 Å². The number of aromatic amines is 1. The van der Waals surface area contributed by atoms with E-state index in [1.807, 2.05) is 48.8 Å². The van der Waals surface area contributed by atoms with Crippen LogP contribution in [0.5, 0.6) is 5.75 Å². The molecule has 1 aliphatic heterocycles. The fourth-order valence-corrected chi connectivity index (χ4v) is 4.54. The normalized spacial score (nSPS) is 17.1. The fraction of sp³-hybridized carbons (Fsp3) is 0.292. The number of aromatic nitrogens is 4. The number of halogens is 1. The number of pyridine rings is 2. The Bertz CT molecular complexity index is 1150. The summed E-state index contributed by atoms with van der Waals surface area (Å²) in [6.45, 7) is 2.68. The molecule has 7 heteroatoms. The van der Waals surface area contributed by atoms with Crippen molar-refractivity contribution in [1.82, 2.24) is 24.8 Å². The van der Waals surface area contributed by atoms with Crippen molar-refractivity contribution in [2.45, 2.75) is 25.3 Å². The van der Waals surface area contributed by atoms with Crippen LogP contribution in [0.2, 0.25) is 0 Å². The highest BCUT2D eigenvalue weighted by Crippen LogP contribution is 2.30. The molecular weight excluding hydrogens is 454 g/mol. The monoisotopic (exact) mass is 477 g/mol. The van der Waals surface area contributed by atoms with E-state index in [4.69, 9.17) is 4.74 Å². The van der Waals surface area contributed by atoms with Gasteiger partial charge in [0.2, 0.25) is 0 Å². The van der Waals surface area contributed by atoms with Gasteiger partial charge in [0.1, 0.15) is 18.2 Å². The van der Waals surface area contributed by atoms with E-state index in [0.29, 0.717) is 18.3 Å². The summed E-state index contributed by atoms with van der Waals surface area (Å²) in [4.78, 5) is 19.1. The number of H-pyrrole nitrogens is 1. The third-order valence-corrected chi connectivity index (χ3v) is 6.20. The summed E-state index contributed by atoms with van der Waals surface area (Å²) < 4.78 is 6.98. The second kappa shape index (κ2) is 9.16. The van der Waals surface area contributed by atoms with Gasteiger partial charge in [0.05, 0.1) is 5.52 Å². The Morgan fingerprint density at radius 2 is 2.03 bits per heavy atom. The molecule has 1 aliphatic rings. The average Bonchev–Trinajstić information content (AvgIpc) is 3.24. The van der Waals surface area contributed by atoms with Gasteiger partial charge in [0.25, 0.3) is 0 Å². The molecule has 0 saturated carbocycles. The standard InChI is InChI=1S/C24H24BrN5O/c25-19-14-21-24(27-16-19)29-23(28-21)17-6-8-20(9-7-17)31-13-12-30-11-2-1-5-22(30)18-4-3-10-26-15-18/h3-4,6-10,14-16,22H,1-2,5,11-13H2,(H,27,28,29). The van der Waals surface area contributed by atoms with Gasteiger partial charge in [-0.2, -0.15) is 0 Å². The van der Waals surface area contributed by atoms with Gasteiger partial charge in [0.15, 0.2) is 5.65 Å². The number of imidazole rings is 1. The van der Waals surface area contributed by atoms with Crippen LogP contribution in [0, 0.1) is 0 Å².